The van der Waals surface area contributed by atoms with Gasteiger partial charge in [0.2, 0.25) is 63.6 Å². The minimum Gasteiger partial charge on any atom is -0.493 e. The molecule has 10 rings (SSSR count). The molecule has 0 bridgehead atoms. The van der Waals surface area contributed by atoms with Crippen molar-refractivity contribution in [2.45, 2.75) is 243 Å². The fourth-order valence-electron chi connectivity index (χ4n) is 15.8. The SMILES string of the molecule is CCCCC(C)N(CC)S(=O)(=O)c1ccc(N=Nc2c(C)c(C#N)c(O)n(CCOCCO)c2=O)cc1.CCCCC(CC)Cn1c(O)c(C#N)c(C)c(N=Nc2ccc(S(=O)(=O)N(CC)CC3CCCO3)cc2)c1=O.Cc1c(C#N)c(O)n(C(C)CCCC(C)C)c(=O)c1N=Nc1ccc(S(=O)(=O)NCCOCCO)cc1.Cc1c(C#N)c(O)n(CCOCCO)c(=O)c1N=Nc1ccc(S(=O)(=O)NCC2CCCO2)cc1. The number of ether oxygens (including phenoxy) is 5. The Bertz CT molecular complexity index is 6810. The number of aliphatic hydroxyl groups excluding tert-OH is 3. The molecule has 2 aliphatic heterocycles. The van der Waals surface area contributed by atoms with Crippen molar-refractivity contribution >= 4 is 85.6 Å². The van der Waals surface area contributed by atoms with Crippen LogP contribution in [-0.2, 0) is 83.4 Å². The molecular weight excluding hydrogens is 1990 g/mol. The van der Waals surface area contributed by atoms with E-state index in [0.29, 0.717) is 62.2 Å². The lowest BCUT2D eigenvalue weighted by atomic mass is 9.99. The fourth-order valence-corrected chi connectivity index (χ4v) is 21.0. The van der Waals surface area contributed by atoms with Crippen molar-refractivity contribution in [1.29, 1.82) is 21.0 Å². The third-order valence-corrected chi connectivity index (χ3v) is 31.4. The molecule has 2 fully saturated rings. The molecule has 6 heterocycles. The van der Waals surface area contributed by atoms with Crippen LogP contribution < -0.4 is 31.7 Å². The van der Waals surface area contributed by atoms with Crippen LogP contribution in [0.4, 0.5) is 45.5 Å². The Hall–Kier alpha value is -12.4. The minimum atomic E-state index is -3.77. The molecule has 0 spiro atoms. The van der Waals surface area contributed by atoms with E-state index in [1.54, 1.807) is 13.8 Å². The zero-order valence-electron chi connectivity index (χ0n) is 85.8. The van der Waals surface area contributed by atoms with E-state index in [0.717, 1.165) is 92.6 Å². The summed E-state index contributed by atoms with van der Waals surface area (Å²) in [5, 5.41) is 139. The lowest BCUT2D eigenvalue weighted by Crippen LogP contribution is -2.38. The summed E-state index contributed by atoms with van der Waals surface area (Å²) in [5.74, 6) is -1.06. The van der Waals surface area contributed by atoms with Crippen LogP contribution in [0.15, 0.2) is 177 Å². The molecule has 9 N–H and O–H groups in total. The maximum atomic E-state index is 13.3. The van der Waals surface area contributed by atoms with Gasteiger partial charge < -0.3 is 59.4 Å². The van der Waals surface area contributed by atoms with Crippen LogP contribution >= 0.6 is 0 Å². The molecule has 804 valence electrons. The summed E-state index contributed by atoms with van der Waals surface area (Å²) in [7, 11) is -14.9. The van der Waals surface area contributed by atoms with E-state index in [1.807, 2.05) is 52.0 Å². The number of aromatic nitrogens is 4. The standard InChI is InChI=1S/C28H39N5O5S.2C25H35N5O6S.C22H27N5O7S/c1-5-8-10-21(6-2)18-33-27(34)25(17-29)20(4)26(28(33)35)31-30-22-12-14-24(15-13-22)39(36,37)32(7-3)19-23-11-9-16-38-23;1-17(2)6-5-7-18(3)30-24(32)22(16-26)19(4)23(25(30)33)29-28-20-8-10-21(11-9-20)37(34,35)27-12-14-36-15-13-31;1-5-7-8-18(3)30(6-2)37(34,35)21-11-9-20(10-12-21)27-28-23-19(4)22(17-26)24(32)29(25(23)33)13-15-36-16-14-31;1-15-19(13-23)21(29)27(8-11-33-12-9-28)22(30)20(15)26-25-16-4-6-18(7-5-16)35(31,32)24-14-17-3-2-10-34-17/h12-15,21,23,34H,5-11,16,18-19H2,1-4H3;8-11,17-18,27,31-32H,5-7,12-15H2,1-4H3;9-12,18,31-32H,5-8,13-16H2,1-4H3;4-7,17,24,28-29H,2-3,8-12,14H2,1H3. The number of benzene rings is 4. The van der Waals surface area contributed by atoms with Gasteiger partial charge in [0.05, 0.1) is 127 Å². The molecule has 2 saturated heterocycles. The summed E-state index contributed by atoms with van der Waals surface area (Å²) in [4.78, 5) is 52.7. The van der Waals surface area contributed by atoms with Gasteiger partial charge >= 0.3 is 0 Å². The van der Waals surface area contributed by atoms with Gasteiger partial charge in [-0.15, -0.1) is 20.5 Å². The monoisotopic (exact) mass is 2130 g/mol. The van der Waals surface area contributed by atoms with Gasteiger partial charge in [0.1, 0.15) is 46.5 Å². The molecule has 0 amide bonds. The number of nitriles is 4. The summed E-state index contributed by atoms with van der Waals surface area (Å²) >= 11 is 0. The Morgan fingerprint density at radius 2 is 0.811 bits per heavy atom. The number of aliphatic hydroxyl groups is 3. The van der Waals surface area contributed by atoms with E-state index >= 15 is 0 Å². The number of unbranched alkanes of at least 4 members (excludes halogenated alkanes) is 2. The second-order valence-electron chi connectivity index (χ2n) is 35.2. The number of sulfonamides is 4. The summed E-state index contributed by atoms with van der Waals surface area (Å²) in [6.07, 6.45) is 12.2. The molecule has 0 saturated carbocycles. The van der Waals surface area contributed by atoms with Gasteiger partial charge in [-0.3, -0.25) is 37.4 Å². The second kappa shape index (κ2) is 60.3. The quantitative estimate of drug-likeness (QED) is 0.0126. The van der Waals surface area contributed by atoms with Gasteiger partial charge in [-0.05, 0) is 195 Å². The van der Waals surface area contributed by atoms with Gasteiger partial charge in [-0.1, -0.05) is 93.4 Å². The van der Waals surface area contributed by atoms with Crippen LogP contribution in [-0.4, -0.2) is 220 Å². The average Bonchev–Trinajstić information content (AvgIpc) is 0.876. The van der Waals surface area contributed by atoms with Crippen LogP contribution in [0.25, 0.3) is 0 Å². The van der Waals surface area contributed by atoms with E-state index in [4.69, 9.17) is 39.0 Å². The predicted molar refractivity (Wildman–Crippen MR) is 551 cm³/mol. The van der Waals surface area contributed by atoms with Crippen LogP contribution in [0, 0.1) is 84.9 Å². The molecule has 4 aromatic heterocycles. The van der Waals surface area contributed by atoms with Crippen molar-refractivity contribution < 1.29 is 93.1 Å². The lowest BCUT2D eigenvalue weighted by Gasteiger charge is -2.27. The number of nitrogens with one attached hydrogen (secondary N) is 2. The number of hydrogen-bond donors (Lipinski definition) is 9. The summed E-state index contributed by atoms with van der Waals surface area (Å²) < 4.78 is 141. The fraction of sp³-hybridized carbons (Fsp3) is 0.520. The van der Waals surface area contributed by atoms with Crippen LogP contribution in [0.2, 0.25) is 0 Å². The molecule has 5 atom stereocenters. The predicted octanol–water partition coefficient (Wildman–Crippen LogP) is 14.7. The van der Waals surface area contributed by atoms with Crippen molar-refractivity contribution in [3.05, 3.63) is 183 Å². The van der Waals surface area contributed by atoms with Gasteiger partial charge in [0.15, 0.2) is 22.7 Å². The highest BCUT2D eigenvalue weighted by Gasteiger charge is 2.33. The number of nitrogens with zero attached hydrogens (tertiary/aromatic N) is 18. The first kappa shape index (κ1) is 122. The molecule has 4 aromatic carbocycles. The van der Waals surface area contributed by atoms with E-state index in [1.165, 1.54) is 136 Å². The molecular formula is C100H136N20O24S4. The number of azo groups is 4. The molecule has 148 heavy (non-hydrogen) atoms. The maximum Gasteiger partial charge on any atom is 0.281 e. The van der Waals surface area contributed by atoms with Crippen molar-refractivity contribution in [2.24, 2.45) is 52.7 Å². The highest BCUT2D eigenvalue weighted by molar-refractivity contribution is 7.90. The third-order valence-electron chi connectivity index (χ3n) is 24.4. The van der Waals surface area contributed by atoms with E-state index in [9.17, 15) is 94.3 Å². The van der Waals surface area contributed by atoms with E-state index in [-0.39, 0.29) is 227 Å². The van der Waals surface area contributed by atoms with Crippen LogP contribution in [0.3, 0.4) is 0 Å². The molecule has 48 heteroatoms. The highest BCUT2D eigenvalue weighted by Crippen LogP contribution is 2.36. The number of rotatable bonds is 52. The smallest absolute Gasteiger partial charge is 0.281 e. The summed E-state index contributed by atoms with van der Waals surface area (Å²) in [6.45, 7) is 26.4. The maximum absolute atomic E-state index is 13.3. The van der Waals surface area contributed by atoms with Gasteiger partial charge in [-0.2, -0.15) is 50.1 Å². The minimum absolute atomic E-state index is 0.0127. The Balaban J connectivity index is 0.000000267. The van der Waals surface area contributed by atoms with Crippen LogP contribution in [0.1, 0.15) is 203 Å². The van der Waals surface area contributed by atoms with Gasteiger partial charge in [-0.25, -0.2) is 43.1 Å². The number of pyridine rings is 4. The first-order valence-corrected chi connectivity index (χ1v) is 54.8. The van der Waals surface area contributed by atoms with Crippen molar-refractivity contribution in [3.8, 4) is 47.8 Å². The van der Waals surface area contributed by atoms with Gasteiger partial charge in [0, 0.05) is 86.8 Å². The highest BCUT2D eigenvalue weighted by atomic mass is 32.2. The van der Waals surface area contributed by atoms with Crippen LogP contribution in [0.5, 0.6) is 23.5 Å². The zero-order valence-corrected chi connectivity index (χ0v) is 89.1. The molecule has 44 nitrogen and oxygen atoms in total. The Labute approximate surface area is 863 Å². The topological polar surface area (TPSA) is 637 Å². The molecule has 0 radical (unpaired) electrons. The molecule has 8 aromatic rings. The van der Waals surface area contributed by atoms with Crippen molar-refractivity contribution in [3.63, 3.8) is 0 Å². The largest absolute Gasteiger partial charge is 0.493 e. The Kier molecular flexibility index (Phi) is 49.9. The van der Waals surface area contributed by atoms with Gasteiger partial charge in [0.25, 0.3) is 22.2 Å². The Morgan fingerprint density at radius 1 is 0.439 bits per heavy atom. The normalized spacial score (nSPS) is 14.6. The first-order valence-electron chi connectivity index (χ1n) is 49.0. The Morgan fingerprint density at radius 3 is 1.19 bits per heavy atom. The average molecular weight is 2130 g/mol. The number of likely N-dealkylation sites (N-methyl/N-ethyl adjacent to an activating group) is 1. The third kappa shape index (κ3) is 33.8. The summed E-state index contributed by atoms with van der Waals surface area (Å²) in [5.41, 5.74) is -1.05. The molecule has 2 aliphatic rings. The number of aromatic hydroxyl groups is 4. The van der Waals surface area contributed by atoms with E-state index < -0.39 is 74.1 Å². The number of hydrogen-bond acceptors (Lipinski definition) is 36. The van der Waals surface area contributed by atoms with E-state index in [2.05, 4.69) is 78.1 Å². The summed E-state index contributed by atoms with van der Waals surface area (Å²) in [6, 6.07) is 30.2. The van der Waals surface area contributed by atoms with Crippen molar-refractivity contribution in [1.82, 2.24) is 36.3 Å². The molecule has 0 aliphatic carbocycles. The first-order chi connectivity index (χ1) is 70.6. The lowest BCUT2D eigenvalue weighted by molar-refractivity contribution is 0.0854. The zero-order chi connectivity index (χ0) is 109. The molecule has 5 unspecified atom stereocenters. The second-order valence-corrected chi connectivity index (χ2v) is 42.6. The van der Waals surface area contributed by atoms with Crippen molar-refractivity contribution in [2.75, 3.05) is 105 Å².